The third kappa shape index (κ3) is 4.04. The predicted molar refractivity (Wildman–Crippen MR) is 94.2 cm³/mol. The van der Waals surface area contributed by atoms with Gasteiger partial charge in [0.1, 0.15) is 0 Å². The topological polar surface area (TPSA) is 18.5 Å². The molecule has 3 rings (SSSR count). The van der Waals surface area contributed by atoms with E-state index in [-0.39, 0.29) is 0 Å². The number of rotatable bonds is 4. The second-order valence-corrected chi connectivity index (χ2v) is 8.10. The Morgan fingerprint density at radius 3 is 2.59 bits per heavy atom. The van der Waals surface area contributed by atoms with Crippen molar-refractivity contribution in [2.75, 3.05) is 39.3 Å². The van der Waals surface area contributed by atoms with Crippen molar-refractivity contribution in [3.05, 3.63) is 0 Å². The van der Waals surface area contributed by atoms with Gasteiger partial charge in [0.25, 0.3) is 0 Å². The summed E-state index contributed by atoms with van der Waals surface area (Å²) >= 11 is 0. The Morgan fingerprint density at radius 1 is 1.00 bits per heavy atom. The average molecular weight is 308 g/mol. The molecule has 0 spiro atoms. The number of likely N-dealkylation sites (tertiary alicyclic amines) is 2. The zero-order chi connectivity index (χ0) is 15.4. The molecule has 3 heterocycles. The highest BCUT2D eigenvalue weighted by atomic mass is 15.2. The van der Waals surface area contributed by atoms with E-state index in [1.54, 1.807) is 0 Å². The molecular formula is C19H37N3. The van der Waals surface area contributed by atoms with Crippen LogP contribution in [0.15, 0.2) is 0 Å². The summed E-state index contributed by atoms with van der Waals surface area (Å²) in [5.41, 5.74) is 0. The van der Waals surface area contributed by atoms with Crippen molar-refractivity contribution in [2.45, 2.75) is 70.9 Å². The first kappa shape index (κ1) is 16.7. The van der Waals surface area contributed by atoms with E-state index in [1.807, 2.05) is 0 Å². The minimum Gasteiger partial charge on any atom is -0.315 e. The summed E-state index contributed by atoms with van der Waals surface area (Å²) in [4.78, 5) is 5.67. The van der Waals surface area contributed by atoms with Crippen LogP contribution in [0.2, 0.25) is 0 Å². The molecule has 3 aliphatic rings. The van der Waals surface area contributed by atoms with Crippen molar-refractivity contribution in [2.24, 2.45) is 11.8 Å². The smallest absolute Gasteiger partial charge is 0.0264 e. The monoisotopic (exact) mass is 307 g/mol. The maximum atomic E-state index is 3.69. The molecule has 0 aromatic carbocycles. The van der Waals surface area contributed by atoms with Crippen molar-refractivity contribution in [1.29, 1.82) is 0 Å². The third-order valence-electron chi connectivity index (χ3n) is 6.53. The number of nitrogens with one attached hydrogen (secondary N) is 1. The number of piperidine rings is 3. The van der Waals surface area contributed by atoms with Crippen LogP contribution in [0.5, 0.6) is 0 Å². The summed E-state index contributed by atoms with van der Waals surface area (Å²) in [6.45, 7) is 12.7. The molecule has 22 heavy (non-hydrogen) atoms. The van der Waals surface area contributed by atoms with Gasteiger partial charge in [-0.05, 0) is 76.5 Å². The first-order chi connectivity index (χ1) is 10.8. The fourth-order valence-electron chi connectivity index (χ4n) is 4.97. The van der Waals surface area contributed by atoms with E-state index in [4.69, 9.17) is 0 Å². The minimum absolute atomic E-state index is 0.790. The maximum Gasteiger partial charge on any atom is 0.0264 e. The van der Waals surface area contributed by atoms with Gasteiger partial charge in [-0.25, -0.2) is 0 Å². The van der Waals surface area contributed by atoms with E-state index in [0.717, 1.165) is 23.9 Å². The van der Waals surface area contributed by atoms with Crippen LogP contribution in [0, 0.1) is 11.8 Å². The van der Waals surface area contributed by atoms with Crippen LogP contribution in [-0.4, -0.2) is 61.2 Å². The van der Waals surface area contributed by atoms with Crippen LogP contribution in [0.4, 0.5) is 0 Å². The van der Waals surface area contributed by atoms with E-state index < -0.39 is 0 Å². The molecule has 0 aromatic rings. The summed E-state index contributed by atoms with van der Waals surface area (Å²) in [6, 6.07) is 1.64. The molecular weight excluding hydrogens is 270 g/mol. The predicted octanol–water partition coefficient (Wildman–Crippen LogP) is 2.96. The van der Waals surface area contributed by atoms with Crippen LogP contribution < -0.4 is 5.32 Å². The van der Waals surface area contributed by atoms with E-state index in [0.29, 0.717) is 0 Å². The van der Waals surface area contributed by atoms with Gasteiger partial charge in [0, 0.05) is 25.2 Å². The quantitative estimate of drug-likeness (QED) is 0.861. The van der Waals surface area contributed by atoms with Crippen LogP contribution in [0.3, 0.4) is 0 Å². The van der Waals surface area contributed by atoms with Crippen molar-refractivity contribution >= 4 is 0 Å². The van der Waals surface area contributed by atoms with Gasteiger partial charge < -0.3 is 10.2 Å². The average Bonchev–Trinajstić information content (AvgIpc) is 2.57. The molecule has 0 aliphatic carbocycles. The van der Waals surface area contributed by atoms with Gasteiger partial charge in [0.15, 0.2) is 0 Å². The summed E-state index contributed by atoms with van der Waals surface area (Å²) < 4.78 is 0. The summed E-state index contributed by atoms with van der Waals surface area (Å²) in [5, 5.41) is 3.69. The lowest BCUT2D eigenvalue weighted by Gasteiger charge is -2.47. The first-order valence-electron chi connectivity index (χ1n) is 9.96. The molecule has 0 aromatic heterocycles. The fourth-order valence-corrected chi connectivity index (χ4v) is 4.97. The lowest BCUT2D eigenvalue weighted by atomic mass is 9.86. The van der Waals surface area contributed by atoms with E-state index in [2.05, 4.69) is 29.0 Å². The third-order valence-corrected chi connectivity index (χ3v) is 6.53. The molecule has 0 radical (unpaired) electrons. The Bertz CT molecular complexity index is 325. The van der Waals surface area contributed by atoms with Gasteiger partial charge >= 0.3 is 0 Å². The Labute approximate surface area is 137 Å². The standard InChI is InChI=1S/C19H37N3/c1-3-18-6-4-5-11-22(18)19-14-20-10-7-17(19)15-21-12-8-16(2)9-13-21/h16-20H,3-15H2,1-2H3. The summed E-state index contributed by atoms with van der Waals surface area (Å²) in [6.07, 6.45) is 9.84. The highest BCUT2D eigenvalue weighted by Crippen LogP contribution is 2.29. The van der Waals surface area contributed by atoms with Gasteiger partial charge in [-0.15, -0.1) is 0 Å². The summed E-state index contributed by atoms with van der Waals surface area (Å²) in [5.74, 6) is 1.84. The second kappa shape index (κ2) is 8.12. The molecule has 3 unspecified atom stereocenters. The van der Waals surface area contributed by atoms with Crippen molar-refractivity contribution in [3.8, 4) is 0 Å². The SMILES string of the molecule is CCC1CCCCN1C1CNCCC1CN1CCC(C)CC1. The Kier molecular flexibility index (Phi) is 6.17. The van der Waals surface area contributed by atoms with Gasteiger partial charge in [0.2, 0.25) is 0 Å². The van der Waals surface area contributed by atoms with Gasteiger partial charge in [-0.2, -0.15) is 0 Å². The molecule has 128 valence electrons. The lowest BCUT2D eigenvalue weighted by molar-refractivity contribution is 0.0268. The minimum atomic E-state index is 0.790. The molecule has 3 atom stereocenters. The molecule has 3 fully saturated rings. The van der Waals surface area contributed by atoms with Crippen molar-refractivity contribution < 1.29 is 0 Å². The van der Waals surface area contributed by atoms with Gasteiger partial charge in [-0.1, -0.05) is 20.3 Å². The Hall–Kier alpha value is -0.120. The number of hydrogen-bond donors (Lipinski definition) is 1. The highest BCUT2D eigenvalue weighted by molar-refractivity contribution is 4.92. The van der Waals surface area contributed by atoms with Crippen LogP contribution >= 0.6 is 0 Å². The van der Waals surface area contributed by atoms with E-state index in [1.165, 1.54) is 84.2 Å². The Balaban J connectivity index is 1.60. The second-order valence-electron chi connectivity index (χ2n) is 8.10. The van der Waals surface area contributed by atoms with Gasteiger partial charge in [0.05, 0.1) is 0 Å². The molecule has 3 heteroatoms. The highest BCUT2D eigenvalue weighted by Gasteiger charge is 2.35. The zero-order valence-electron chi connectivity index (χ0n) is 14.9. The van der Waals surface area contributed by atoms with Gasteiger partial charge in [-0.3, -0.25) is 4.90 Å². The van der Waals surface area contributed by atoms with Crippen LogP contribution in [0.1, 0.15) is 58.8 Å². The van der Waals surface area contributed by atoms with Crippen LogP contribution in [0.25, 0.3) is 0 Å². The molecule has 0 amide bonds. The molecule has 3 saturated heterocycles. The van der Waals surface area contributed by atoms with E-state index in [9.17, 15) is 0 Å². The molecule has 0 bridgehead atoms. The largest absolute Gasteiger partial charge is 0.315 e. The van der Waals surface area contributed by atoms with Crippen LogP contribution in [-0.2, 0) is 0 Å². The zero-order valence-corrected chi connectivity index (χ0v) is 14.9. The summed E-state index contributed by atoms with van der Waals surface area (Å²) in [7, 11) is 0. The normalized spacial score (nSPS) is 36.5. The number of nitrogens with zero attached hydrogens (tertiary/aromatic N) is 2. The Morgan fingerprint density at radius 2 is 1.82 bits per heavy atom. The fraction of sp³-hybridized carbons (Fsp3) is 1.00. The molecule has 3 nitrogen and oxygen atoms in total. The van der Waals surface area contributed by atoms with Crippen molar-refractivity contribution in [3.63, 3.8) is 0 Å². The first-order valence-corrected chi connectivity index (χ1v) is 9.96. The van der Waals surface area contributed by atoms with Crippen molar-refractivity contribution in [1.82, 2.24) is 15.1 Å². The number of hydrogen-bond acceptors (Lipinski definition) is 3. The molecule has 1 N–H and O–H groups in total. The van der Waals surface area contributed by atoms with E-state index >= 15 is 0 Å². The molecule has 0 saturated carbocycles. The maximum absolute atomic E-state index is 3.69. The lowest BCUT2D eigenvalue weighted by Crippen LogP contribution is -2.58. The molecule has 3 aliphatic heterocycles.